The molecule has 2 heterocycles. The van der Waals surface area contributed by atoms with Crippen LogP contribution in [0, 0.1) is 6.92 Å². The van der Waals surface area contributed by atoms with Crippen LogP contribution >= 0.6 is 11.6 Å². The Balaban J connectivity index is 2.18. The van der Waals surface area contributed by atoms with Crippen LogP contribution < -0.4 is 5.32 Å². The highest BCUT2D eigenvalue weighted by Gasteiger charge is 2.12. The van der Waals surface area contributed by atoms with Crippen molar-refractivity contribution in [2.75, 3.05) is 5.32 Å². The summed E-state index contributed by atoms with van der Waals surface area (Å²) < 4.78 is 5.59. The van der Waals surface area contributed by atoms with Gasteiger partial charge in [-0.25, -0.2) is 9.97 Å². The zero-order valence-electron chi connectivity index (χ0n) is 11.6. The van der Waals surface area contributed by atoms with Crippen molar-refractivity contribution < 1.29 is 4.42 Å². The Hall–Kier alpha value is -1.55. The zero-order valence-corrected chi connectivity index (χ0v) is 12.3. The Morgan fingerprint density at radius 2 is 1.95 bits per heavy atom. The van der Waals surface area contributed by atoms with Gasteiger partial charge in [0, 0.05) is 12.0 Å². The number of aryl methyl sites for hydroxylation is 1. The lowest BCUT2D eigenvalue weighted by atomic mass is 10.2. The maximum absolute atomic E-state index is 6.01. The Morgan fingerprint density at radius 3 is 2.53 bits per heavy atom. The lowest BCUT2D eigenvalue weighted by Crippen LogP contribution is -2.09. The first-order valence-electron chi connectivity index (χ1n) is 6.33. The summed E-state index contributed by atoms with van der Waals surface area (Å²) >= 11 is 6.01. The minimum atomic E-state index is 0.0275. The van der Waals surface area contributed by atoms with Crippen molar-refractivity contribution in [2.45, 2.75) is 39.7 Å². The van der Waals surface area contributed by atoms with Crippen LogP contribution in [0.3, 0.4) is 0 Å². The molecule has 2 rings (SSSR count). The molecule has 0 spiro atoms. The number of aromatic nitrogens is 2. The minimum absolute atomic E-state index is 0.0275. The third-order valence-corrected chi connectivity index (χ3v) is 2.97. The van der Waals surface area contributed by atoms with Crippen molar-refractivity contribution >= 4 is 17.4 Å². The van der Waals surface area contributed by atoms with E-state index in [1.54, 1.807) is 6.07 Å². The normalized spacial score (nSPS) is 12.7. The number of nitrogens with zero attached hydrogens (tertiary/aromatic N) is 2. The highest BCUT2D eigenvalue weighted by molar-refractivity contribution is 6.29. The second-order valence-electron chi connectivity index (χ2n) is 4.90. The summed E-state index contributed by atoms with van der Waals surface area (Å²) in [6, 6.07) is 5.65. The molecule has 0 aliphatic rings. The molecule has 2 aromatic heterocycles. The van der Waals surface area contributed by atoms with Crippen LogP contribution in [-0.4, -0.2) is 9.97 Å². The van der Waals surface area contributed by atoms with Crippen LogP contribution in [0.2, 0.25) is 5.15 Å². The van der Waals surface area contributed by atoms with E-state index in [0.29, 0.717) is 11.0 Å². The van der Waals surface area contributed by atoms with Gasteiger partial charge in [-0.3, -0.25) is 0 Å². The molecule has 0 aromatic carbocycles. The predicted octanol–water partition coefficient (Wildman–Crippen LogP) is 4.33. The second kappa shape index (κ2) is 5.61. The smallest absolute Gasteiger partial charge is 0.135 e. The number of furan rings is 1. The van der Waals surface area contributed by atoms with Gasteiger partial charge in [0.25, 0.3) is 0 Å². The Kier molecular flexibility index (Phi) is 4.10. The minimum Gasteiger partial charge on any atom is -0.464 e. The zero-order chi connectivity index (χ0) is 14.0. The highest BCUT2D eigenvalue weighted by Crippen LogP contribution is 2.22. The fourth-order valence-electron chi connectivity index (χ4n) is 1.75. The number of anilines is 1. The molecule has 0 saturated heterocycles. The highest BCUT2D eigenvalue weighted by atomic mass is 35.5. The molecule has 4 nitrogen and oxygen atoms in total. The quantitative estimate of drug-likeness (QED) is 0.847. The predicted molar refractivity (Wildman–Crippen MR) is 76.6 cm³/mol. The van der Waals surface area contributed by atoms with E-state index in [1.165, 1.54) is 0 Å². The molecule has 0 amide bonds. The number of hydrogen-bond acceptors (Lipinski definition) is 4. The molecule has 0 fully saturated rings. The summed E-state index contributed by atoms with van der Waals surface area (Å²) in [5.41, 5.74) is 0. The Labute approximate surface area is 118 Å². The summed E-state index contributed by atoms with van der Waals surface area (Å²) in [5.74, 6) is 3.45. The summed E-state index contributed by atoms with van der Waals surface area (Å²) in [4.78, 5) is 8.67. The molecule has 0 radical (unpaired) electrons. The molecule has 1 N–H and O–H groups in total. The largest absolute Gasteiger partial charge is 0.464 e. The van der Waals surface area contributed by atoms with E-state index in [-0.39, 0.29) is 12.0 Å². The van der Waals surface area contributed by atoms with Crippen LogP contribution in [-0.2, 0) is 0 Å². The van der Waals surface area contributed by atoms with Crippen LogP contribution in [0.5, 0.6) is 0 Å². The van der Waals surface area contributed by atoms with E-state index in [1.807, 2.05) is 39.8 Å². The van der Waals surface area contributed by atoms with E-state index >= 15 is 0 Å². The van der Waals surface area contributed by atoms with Gasteiger partial charge in [0.15, 0.2) is 0 Å². The second-order valence-corrected chi connectivity index (χ2v) is 5.29. The molecule has 102 valence electrons. The summed E-state index contributed by atoms with van der Waals surface area (Å²) in [6.45, 7) is 8.02. The van der Waals surface area contributed by atoms with Crippen LogP contribution in [0.15, 0.2) is 22.6 Å². The first-order chi connectivity index (χ1) is 8.95. The average Bonchev–Trinajstić information content (AvgIpc) is 2.75. The Morgan fingerprint density at radius 1 is 1.21 bits per heavy atom. The van der Waals surface area contributed by atoms with E-state index in [9.17, 15) is 0 Å². The standard InChI is InChI=1S/C14H18ClN3O/c1-8(2)14-17-12(15)7-13(18-14)16-10(4)11-6-5-9(3)19-11/h5-8,10H,1-4H3,(H,16,17,18). The van der Waals surface area contributed by atoms with E-state index in [2.05, 4.69) is 15.3 Å². The third-order valence-electron chi connectivity index (χ3n) is 2.78. The molecule has 1 atom stereocenters. The van der Waals surface area contributed by atoms with E-state index in [0.717, 1.165) is 17.3 Å². The fourth-order valence-corrected chi connectivity index (χ4v) is 1.94. The van der Waals surface area contributed by atoms with Crippen molar-refractivity contribution in [3.8, 4) is 0 Å². The van der Waals surface area contributed by atoms with Crippen molar-refractivity contribution in [1.82, 2.24) is 9.97 Å². The van der Waals surface area contributed by atoms with Crippen molar-refractivity contribution in [3.05, 3.63) is 40.7 Å². The number of hydrogen-bond donors (Lipinski definition) is 1. The van der Waals surface area contributed by atoms with Gasteiger partial charge in [0.1, 0.15) is 28.3 Å². The molecular formula is C14H18ClN3O. The molecule has 0 saturated carbocycles. The maximum atomic E-state index is 6.01. The van der Waals surface area contributed by atoms with Gasteiger partial charge in [0.05, 0.1) is 6.04 Å². The number of nitrogens with one attached hydrogen (secondary N) is 1. The van der Waals surface area contributed by atoms with Crippen molar-refractivity contribution in [3.63, 3.8) is 0 Å². The van der Waals surface area contributed by atoms with Crippen LogP contribution in [0.1, 0.15) is 50.1 Å². The van der Waals surface area contributed by atoms with Crippen LogP contribution in [0.25, 0.3) is 0 Å². The summed E-state index contributed by atoms with van der Waals surface area (Å²) in [6.07, 6.45) is 0. The van der Waals surface area contributed by atoms with Gasteiger partial charge < -0.3 is 9.73 Å². The lowest BCUT2D eigenvalue weighted by molar-refractivity contribution is 0.466. The number of halogens is 1. The fraction of sp³-hybridized carbons (Fsp3) is 0.429. The first-order valence-corrected chi connectivity index (χ1v) is 6.71. The maximum Gasteiger partial charge on any atom is 0.135 e. The molecule has 2 aromatic rings. The number of rotatable bonds is 4. The van der Waals surface area contributed by atoms with Gasteiger partial charge >= 0.3 is 0 Å². The topological polar surface area (TPSA) is 51.0 Å². The summed E-state index contributed by atoms with van der Waals surface area (Å²) in [5, 5.41) is 3.73. The van der Waals surface area contributed by atoms with Crippen molar-refractivity contribution in [1.29, 1.82) is 0 Å². The van der Waals surface area contributed by atoms with Gasteiger partial charge in [-0.15, -0.1) is 0 Å². The molecule has 0 bridgehead atoms. The molecular weight excluding hydrogens is 262 g/mol. The lowest BCUT2D eigenvalue weighted by Gasteiger charge is -2.14. The summed E-state index contributed by atoms with van der Waals surface area (Å²) in [7, 11) is 0. The van der Waals surface area contributed by atoms with Crippen LogP contribution in [0.4, 0.5) is 5.82 Å². The molecule has 0 aliphatic carbocycles. The first kappa shape index (κ1) is 13.9. The SMILES string of the molecule is Cc1ccc(C(C)Nc2cc(Cl)nc(C(C)C)n2)o1. The monoisotopic (exact) mass is 279 g/mol. The van der Waals surface area contributed by atoms with Gasteiger partial charge in [-0.2, -0.15) is 0 Å². The molecule has 0 aliphatic heterocycles. The molecule has 1 unspecified atom stereocenters. The molecule has 5 heteroatoms. The average molecular weight is 280 g/mol. The molecule has 19 heavy (non-hydrogen) atoms. The van der Waals surface area contributed by atoms with Gasteiger partial charge in [-0.1, -0.05) is 25.4 Å². The van der Waals surface area contributed by atoms with Crippen molar-refractivity contribution in [2.24, 2.45) is 0 Å². The third kappa shape index (κ3) is 3.47. The van der Waals surface area contributed by atoms with E-state index < -0.39 is 0 Å². The van der Waals surface area contributed by atoms with E-state index in [4.69, 9.17) is 16.0 Å². The Bertz CT molecular complexity index is 566. The van der Waals surface area contributed by atoms with Gasteiger partial charge in [-0.05, 0) is 26.0 Å². The van der Waals surface area contributed by atoms with Gasteiger partial charge in [0.2, 0.25) is 0 Å².